The lowest BCUT2D eigenvalue weighted by molar-refractivity contribution is 0.354. The van der Waals surface area contributed by atoms with Gasteiger partial charge in [0, 0.05) is 6.54 Å². The highest BCUT2D eigenvalue weighted by Crippen LogP contribution is 2.27. The first-order valence-electron chi connectivity index (χ1n) is 6.98. The Hall–Kier alpha value is -2.21. The van der Waals surface area contributed by atoms with Gasteiger partial charge in [-0.05, 0) is 46.5 Å². The highest BCUT2D eigenvalue weighted by atomic mass is 32.1. The zero-order valence-electron chi connectivity index (χ0n) is 12.8. The van der Waals surface area contributed by atoms with Crippen LogP contribution in [0, 0.1) is 0 Å². The van der Waals surface area contributed by atoms with Crippen LogP contribution in [-0.4, -0.2) is 26.7 Å². The number of benzene rings is 1. The van der Waals surface area contributed by atoms with Crippen molar-refractivity contribution in [3.05, 3.63) is 46.2 Å². The summed E-state index contributed by atoms with van der Waals surface area (Å²) >= 11 is 1.66. The standard InChI is InChI=1S/C16H21N3O2S/c1-20-14-4-3-12(9-15(14)21-2)5-7-18-16(17)19-10-13-6-8-22-11-13/h3-4,6,8-9,11H,5,7,10H2,1-2H3,(H3,17,18,19). The predicted octanol–water partition coefficient (Wildman–Crippen LogP) is 2.41. The highest BCUT2D eigenvalue weighted by Gasteiger charge is 2.04. The fraction of sp³-hybridized carbons (Fsp3) is 0.312. The van der Waals surface area contributed by atoms with Crippen molar-refractivity contribution in [2.75, 3.05) is 20.8 Å². The molecule has 118 valence electrons. The van der Waals surface area contributed by atoms with E-state index < -0.39 is 0 Å². The lowest BCUT2D eigenvalue weighted by Gasteiger charge is -2.10. The monoisotopic (exact) mass is 319 g/mol. The first-order chi connectivity index (χ1) is 10.7. The molecule has 0 atom stereocenters. The van der Waals surface area contributed by atoms with Gasteiger partial charge in [-0.1, -0.05) is 6.07 Å². The van der Waals surface area contributed by atoms with Gasteiger partial charge >= 0.3 is 0 Å². The smallest absolute Gasteiger partial charge is 0.188 e. The number of hydrogen-bond donors (Lipinski definition) is 2. The number of thiophene rings is 1. The van der Waals surface area contributed by atoms with Crippen LogP contribution in [0.15, 0.2) is 40.0 Å². The zero-order valence-corrected chi connectivity index (χ0v) is 13.7. The van der Waals surface area contributed by atoms with Gasteiger partial charge in [0.1, 0.15) is 0 Å². The Bertz CT molecular complexity index is 612. The van der Waals surface area contributed by atoms with Gasteiger partial charge in [-0.2, -0.15) is 11.3 Å². The normalized spacial score (nSPS) is 11.3. The van der Waals surface area contributed by atoms with Crippen LogP contribution in [0.3, 0.4) is 0 Å². The van der Waals surface area contributed by atoms with Gasteiger partial charge in [0.25, 0.3) is 0 Å². The van der Waals surface area contributed by atoms with Gasteiger partial charge in [-0.3, -0.25) is 0 Å². The SMILES string of the molecule is COc1ccc(CCNC(N)=NCc2ccsc2)cc1OC. The molecule has 0 radical (unpaired) electrons. The van der Waals surface area contributed by atoms with E-state index in [-0.39, 0.29) is 0 Å². The van der Waals surface area contributed by atoms with Crippen molar-refractivity contribution in [1.82, 2.24) is 5.32 Å². The molecule has 0 amide bonds. The summed E-state index contributed by atoms with van der Waals surface area (Å²) in [6.45, 7) is 1.33. The molecule has 5 nitrogen and oxygen atoms in total. The van der Waals surface area contributed by atoms with Crippen LogP contribution in [0.5, 0.6) is 11.5 Å². The summed E-state index contributed by atoms with van der Waals surface area (Å²) in [6, 6.07) is 7.94. The zero-order chi connectivity index (χ0) is 15.8. The Morgan fingerprint density at radius 3 is 2.68 bits per heavy atom. The molecule has 3 N–H and O–H groups in total. The molecule has 0 fully saturated rings. The van der Waals surface area contributed by atoms with Crippen molar-refractivity contribution in [2.45, 2.75) is 13.0 Å². The predicted molar refractivity (Wildman–Crippen MR) is 90.9 cm³/mol. The van der Waals surface area contributed by atoms with Crippen molar-refractivity contribution >= 4 is 17.3 Å². The lowest BCUT2D eigenvalue weighted by Crippen LogP contribution is -2.33. The first kappa shape index (κ1) is 16.2. The van der Waals surface area contributed by atoms with Crippen LogP contribution in [0.2, 0.25) is 0 Å². The summed E-state index contributed by atoms with van der Waals surface area (Å²) in [7, 11) is 3.26. The van der Waals surface area contributed by atoms with Gasteiger partial charge in [0.05, 0.1) is 20.8 Å². The van der Waals surface area contributed by atoms with Crippen molar-refractivity contribution in [3.63, 3.8) is 0 Å². The number of methoxy groups -OCH3 is 2. The number of nitrogens with one attached hydrogen (secondary N) is 1. The summed E-state index contributed by atoms with van der Waals surface area (Å²) in [5, 5.41) is 7.22. The topological polar surface area (TPSA) is 68.9 Å². The van der Waals surface area contributed by atoms with E-state index in [0.717, 1.165) is 23.5 Å². The van der Waals surface area contributed by atoms with Crippen LogP contribution in [0.1, 0.15) is 11.1 Å². The number of hydrogen-bond acceptors (Lipinski definition) is 4. The third kappa shape index (κ3) is 4.66. The highest BCUT2D eigenvalue weighted by molar-refractivity contribution is 7.07. The molecule has 0 saturated carbocycles. The Balaban J connectivity index is 1.81. The van der Waals surface area contributed by atoms with Crippen LogP contribution in [-0.2, 0) is 13.0 Å². The largest absolute Gasteiger partial charge is 0.493 e. The maximum atomic E-state index is 5.85. The molecule has 2 rings (SSSR count). The van der Waals surface area contributed by atoms with Gasteiger partial charge < -0.3 is 20.5 Å². The summed E-state index contributed by atoms with van der Waals surface area (Å²) < 4.78 is 10.5. The maximum absolute atomic E-state index is 5.85. The Morgan fingerprint density at radius 2 is 2.00 bits per heavy atom. The Kier molecular flexibility index (Phi) is 6.09. The van der Waals surface area contributed by atoms with Crippen molar-refractivity contribution in [3.8, 4) is 11.5 Å². The molecule has 0 saturated heterocycles. The molecule has 0 aliphatic rings. The molecule has 1 aromatic heterocycles. The molecule has 0 aliphatic carbocycles. The minimum atomic E-state index is 0.465. The second-order valence-electron chi connectivity index (χ2n) is 4.70. The minimum absolute atomic E-state index is 0.465. The molecule has 0 spiro atoms. The van der Waals surface area contributed by atoms with Crippen LogP contribution in [0.4, 0.5) is 0 Å². The van der Waals surface area contributed by atoms with Gasteiger partial charge in [0.15, 0.2) is 17.5 Å². The molecule has 2 aromatic rings. The van der Waals surface area contributed by atoms with E-state index in [2.05, 4.69) is 15.7 Å². The Morgan fingerprint density at radius 1 is 1.18 bits per heavy atom. The quantitative estimate of drug-likeness (QED) is 0.607. The van der Waals surface area contributed by atoms with Crippen LogP contribution >= 0.6 is 11.3 Å². The first-order valence-corrected chi connectivity index (χ1v) is 7.93. The number of aliphatic imine (C=N–C) groups is 1. The summed E-state index contributed by atoms with van der Waals surface area (Å²) in [5.41, 5.74) is 8.18. The van der Waals surface area contributed by atoms with E-state index in [0.29, 0.717) is 19.0 Å². The van der Waals surface area contributed by atoms with E-state index in [9.17, 15) is 0 Å². The van der Waals surface area contributed by atoms with E-state index in [4.69, 9.17) is 15.2 Å². The second kappa shape index (κ2) is 8.29. The average molecular weight is 319 g/mol. The molecule has 0 unspecified atom stereocenters. The summed E-state index contributed by atoms with van der Waals surface area (Å²) in [4.78, 5) is 4.30. The molecular formula is C16H21N3O2S. The average Bonchev–Trinajstić information content (AvgIpc) is 3.06. The van der Waals surface area contributed by atoms with Gasteiger partial charge in [-0.15, -0.1) is 0 Å². The maximum Gasteiger partial charge on any atom is 0.188 e. The van der Waals surface area contributed by atoms with Gasteiger partial charge in [-0.25, -0.2) is 4.99 Å². The fourth-order valence-electron chi connectivity index (χ4n) is 1.99. The number of ether oxygens (including phenoxy) is 2. The lowest BCUT2D eigenvalue weighted by atomic mass is 10.1. The number of rotatable bonds is 7. The minimum Gasteiger partial charge on any atom is -0.493 e. The van der Waals surface area contributed by atoms with Crippen LogP contribution < -0.4 is 20.5 Å². The second-order valence-corrected chi connectivity index (χ2v) is 5.48. The molecule has 1 aromatic carbocycles. The summed E-state index contributed by atoms with van der Waals surface area (Å²) in [5.74, 6) is 1.93. The molecule has 1 heterocycles. The van der Waals surface area contributed by atoms with E-state index in [1.807, 2.05) is 29.6 Å². The fourth-order valence-corrected chi connectivity index (χ4v) is 2.65. The number of guanidine groups is 1. The van der Waals surface area contributed by atoms with Crippen molar-refractivity contribution in [2.24, 2.45) is 10.7 Å². The molecular weight excluding hydrogens is 298 g/mol. The molecule has 22 heavy (non-hydrogen) atoms. The number of nitrogens with two attached hydrogens (primary N) is 1. The molecule has 0 aliphatic heterocycles. The van der Waals surface area contributed by atoms with Crippen molar-refractivity contribution < 1.29 is 9.47 Å². The molecule has 0 bridgehead atoms. The third-order valence-electron chi connectivity index (χ3n) is 3.18. The van der Waals surface area contributed by atoms with Crippen LogP contribution in [0.25, 0.3) is 0 Å². The number of nitrogens with zero attached hydrogens (tertiary/aromatic N) is 1. The van der Waals surface area contributed by atoms with E-state index in [1.165, 1.54) is 5.56 Å². The van der Waals surface area contributed by atoms with Gasteiger partial charge in [0.2, 0.25) is 0 Å². The van der Waals surface area contributed by atoms with Crippen molar-refractivity contribution in [1.29, 1.82) is 0 Å². The molecule has 6 heteroatoms. The van der Waals surface area contributed by atoms with E-state index in [1.54, 1.807) is 25.6 Å². The third-order valence-corrected chi connectivity index (χ3v) is 3.91. The summed E-state index contributed by atoms with van der Waals surface area (Å²) in [6.07, 6.45) is 0.828. The Labute approximate surface area is 134 Å². The van der Waals surface area contributed by atoms with E-state index >= 15 is 0 Å².